The van der Waals surface area contributed by atoms with E-state index in [0.717, 1.165) is 33.2 Å². The number of aryl methyl sites for hydroxylation is 1. The van der Waals surface area contributed by atoms with Crippen molar-refractivity contribution in [2.75, 3.05) is 6.61 Å². The highest BCUT2D eigenvalue weighted by atomic mass is 16.5. The van der Waals surface area contributed by atoms with E-state index in [2.05, 4.69) is 0 Å². The number of hydrogen-bond acceptors (Lipinski definition) is 3. The van der Waals surface area contributed by atoms with Gasteiger partial charge in [-0.1, -0.05) is 60.2 Å². The molecular formula is C24H20O3. The summed E-state index contributed by atoms with van der Waals surface area (Å²) in [7, 11) is 0. The van der Waals surface area contributed by atoms with Crippen LogP contribution >= 0.6 is 0 Å². The van der Waals surface area contributed by atoms with Crippen LogP contribution in [-0.2, 0) is 9.53 Å². The Kier molecular flexibility index (Phi) is 4.51. The number of cyclic esters (lactones) is 1. The summed E-state index contributed by atoms with van der Waals surface area (Å²) in [6.45, 7) is 4.54. The predicted molar refractivity (Wildman–Crippen MR) is 108 cm³/mol. The van der Waals surface area contributed by atoms with Gasteiger partial charge >= 0.3 is 5.97 Å². The lowest BCUT2D eigenvalue weighted by molar-refractivity contribution is -0.130. The fourth-order valence-corrected chi connectivity index (χ4v) is 3.21. The van der Waals surface area contributed by atoms with Crippen LogP contribution in [0.4, 0.5) is 0 Å². The second kappa shape index (κ2) is 7.12. The normalized spacial score (nSPS) is 15.1. The maximum Gasteiger partial charge on any atom is 0.343 e. The van der Waals surface area contributed by atoms with Crippen molar-refractivity contribution in [2.24, 2.45) is 0 Å². The number of carbonyl (C=O) groups excluding carboxylic acids is 1. The predicted octanol–water partition coefficient (Wildman–Crippen LogP) is 5.53. The number of fused-ring (bicyclic) bond motifs is 1. The van der Waals surface area contributed by atoms with E-state index in [9.17, 15) is 4.79 Å². The Morgan fingerprint density at radius 3 is 2.56 bits per heavy atom. The van der Waals surface area contributed by atoms with Crippen LogP contribution in [0.3, 0.4) is 0 Å². The van der Waals surface area contributed by atoms with E-state index in [1.807, 2.05) is 80.6 Å². The molecule has 3 heteroatoms. The third-order valence-corrected chi connectivity index (χ3v) is 4.59. The molecule has 0 unspecified atom stereocenters. The van der Waals surface area contributed by atoms with E-state index in [1.54, 1.807) is 6.08 Å². The van der Waals surface area contributed by atoms with Gasteiger partial charge in [-0.2, -0.15) is 0 Å². The first-order valence-corrected chi connectivity index (χ1v) is 9.03. The van der Waals surface area contributed by atoms with Gasteiger partial charge in [-0.25, -0.2) is 4.79 Å². The van der Waals surface area contributed by atoms with Gasteiger partial charge in [-0.15, -0.1) is 0 Å². The van der Waals surface area contributed by atoms with Crippen LogP contribution < -0.4 is 4.74 Å². The molecule has 0 saturated heterocycles. The molecule has 1 aliphatic rings. The summed E-state index contributed by atoms with van der Waals surface area (Å²) in [5.74, 6) is 0.985. The van der Waals surface area contributed by atoms with Crippen molar-refractivity contribution in [2.45, 2.75) is 13.8 Å². The van der Waals surface area contributed by atoms with Crippen molar-refractivity contribution >= 4 is 28.6 Å². The van der Waals surface area contributed by atoms with Gasteiger partial charge in [-0.05, 0) is 42.8 Å². The summed E-state index contributed by atoms with van der Waals surface area (Å²) in [6, 6.07) is 20.0. The Hall–Kier alpha value is -3.33. The molecule has 0 fully saturated rings. The first kappa shape index (κ1) is 17.1. The van der Waals surface area contributed by atoms with E-state index >= 15 is 0 Å². The maximum absolute atomic E-state index is 12.5. The summed E-state index contributed by atoms with van der Waals surface area (Å²) in [4.78, 5) is 12.5. The molecule has 27 heavy (non-hydrogen) atoms. The van der Waals surface area contributed by atoms with Gasteiger partial charge in [0.2, 0.25) is 0 Å². The van der Waals surface area contributed by atoms with Crippen LogP contribution in [-0.4, -0.2) is 12.6 Å². The largest absolute Gasteiger partial charge is 0.493 e. The second-order valence-electron chi connectivity index (χ2n) is 6.50. The molecule has 0 spiro atoms. The molecule has 0 bridgehead atoms. The minimum atomic E-state index is -0.346. The fourth-order valence-electron chi connectivity index (χ4n) is 3.21. The van der Waals surface area contributed by atoms with Crippen molar-refractivity contribution < 1.29 is 14.3 Å². The molecular weight excluding hydrogens is 336 g/mol. The van der Waals surface area contributed by atoms with Crippen molar-refractivity contribution in [3.05, 3.63) is 89.0 Å². The standard InChI is InChI=1S/C24H20O3/c1-3-26-22-13-12-17-6-4-5-7-20(17)21(22)14-19-15-23(27-24(19)25)18-10-8-16(2)9-11-18/h4-15H,3H2,1-2H3/b19-14+. The number of rotatable bonds is 4. The first-order valence-electron chi connectivity index (χ1n) is 9.03. The highest BCUT2D eigenvalue weighted by Crippen LogP contribution is 2.33. The lowest BCUT2D eigenvalue weighted by Gasteiger charge is -2.11. The molecule has 0 aromatic heterocycles. The number of ether oxygens (including phenoxy) is 2. The van der Waals surface area contributed by atoms with Gasteiger partial charge in [0.25, 0.3) is 0 Å². The minimum absolute atomic E-state index is 0.346. The summed E-state index contributed by atoms with van der Waals surface area (Å²) >= 11 is 0. The van der Waals surface area contributed by atoms with Gasteiger partial charge in [-0.3, -0.25) is 0 Å². The fraction of sp³-hybridized carbons (Fsp3) is 0.125. The van der Waals surface area contributed by atoms with E-state index in [-0.39, 0.29) is 5.97 Å². The van der Waals surface area contributed by atoms with E-state index in [4.69, 9.17) is 9.47 Å². The molecule has 3 aromatic carbocycles. The van der Waals surface area contributed by atoms with Gasteiger partial charge in [0, 0.05) is 11.1 Å². The Bertz CT molecular complexity index is 1070. The molecule has 0 N–H and O–H groups in total. The SMILES string of the molecule is CCOc1ccc2ccccc2c1/C=C1\C=C(c2ccc(C)cc2)OC1=O. The summed E-state index contributed by atoms with van der Waals surface area (Å²) in [5.41, 5.74) is 3.46. The van der Waals surface area contributed by atoms with Crippen LogP contribution in [0.1, 0.15) is 23.6 Å². The molecule has 0 amide bonds. The van der Waals surface area contributed by atoms with Crippen molar-refractivity contribution in [3.8, 4) is 5.75 Å². The van der Waals surface area contributed by atoms with Crippen LogP contribution in [0, 0.1) is 6.92 Å². The average Bonchev–Trinajstić information content (AvgIpc) is 3.05. The molecule has 3 nitrogen and oxygen atoms in total. The van der Waals surface area contributed by atoms with E-state index in [0.29, 0.717) is 17.9 Å². The van der Waals surface area contributed by atoms with Crippen molar-refractivity contribution in [1.82, 2.24) is 0 Å². The quantitative estimate of drug-likeness (QED) is 0.455. The van der Waals surface area contributed by atoms with Crippen molar-refractivity contribution in [1.29, 1.82) is 0 Å². The average molecular weight is 356 g/mol. The number of carbonyl (C=O) groups is 1. The maximum atomic E-state index is 12.5. The minimum Gasteiger partial charge on any atom is -0.493 e. The third-order valence-electron chi connectivity index (χ3n) is 4.59. The number of esters is 1. The zero-order valence-electron chi connectivity index (χ0n) is 15.4. The molecule has 1 heterocycles. The second-order valence-corrected chi connectivity index (χ2v) is 6.50. The summed E-state index contributed by atoms with van der Waals surface area (Å²) in [6.07, 6.45) is 3.65. The van der Waals surface area contributed by atoms with Gasteiger partial charge in [0.15, 0.2) is 0 Å². The third kappa shape index (κ3) is 3.36. The Labute approximate surface area is 158 Å². The lowest BCUT2D eigenvalue weighted by atomic mass is 10.0. The van der Waals surface area contributed by atoms with E-state index in [1.165, 1.54) is 0 Å². The van der Waals surface area contributed by atoms with Gasteiger partial charge in [0.05, 0.1) is 12.2 Å². The Morgan fingerprint density at radius 2 is 1.78 bits per heavy atom. The molecule has 0 aliphatic carbocycles. The zero-order valence-corrected chi connectivity index (χ0v) is 15.4. The van der Waals surface area contributed by atoms with E-state index < -0.39 is 0 Å². The first-order chi connectivity index (χ1) is 13.2. The van der Waals surface area contributed by atoms with Crippen LogP contribution in [0.25, 0.3) is 22.6 Å². The summed E-state index contributed by atoms with van der Waals surface area (Å²) in [5, 5.41) is 2.14. The molecule has 1 aliphatic heterocycles. The lowest BCUT2D eigenvalue weighted by Crippen LogP contribution is -1.99. The van der Waals surface area contributed by atoms with Crippen LogP contribution in [0.15, 0.2) is 72.3 Å². The molecule has 134 valence electrons. The molecule has 3 aromatic rings. The molecule has 0 atom stereocenters. The number of benzene rings is 3. The molecule has 0 saturated carbocycles. The smallest absolute Gasteiger partial charge is 0.343 e. The number of hydrogen-bond donors (Lipinski definition) is 0. The zero-order chi connectivity index (χ0) is 18.8. The highest BCUT2D eigenvalue weighted by Gasteiger charge is 2.23. The molecule has 4 rings (SSSR count). The monoisotopic (exact) mass is 356 g/mol. The highest BCUT2D eigenvalue weighted by molar-refractivity contribution is 6.07. The van der Waals surface area contributed by atoms with Gasteiger partial charge in [0.1, 0.15) is 11.5 Å². The van der Waals surface area contributed by atoms with Crippen molar-refractivity contribution in [3.63, 3.8) is 0 Å². The Morgan fingerprint density at radius 1 is 1.00 bits per heavy atom. The molecule has 0 radical (unpaired) electrons. The topological polar surface area (TPSA) is 35.5 Å². The van der Waals surface area contributed by atoms with Gasteiger partial charge < -0.3 is 9.47 Å². The summed E-state index contributed by atoms with van der Waals surface area (Å²) < 4.78 is 11.3. The van der Waals surface area contributed by atoms with Crippen LogP contribution in [0.5, 0.6) is 5.75 Å². The Balaban J connectivity index is 1.82. The van der Waals surface area contributed by atoms with Crippen LogP contribution in [0.2, 0.25) is 0 Å².